The second-order valence-electron chi connectivity index (χ2n) is 3.98. The quantitative estimate of drug-likeness (QED) is 0.401. The van der Waals surface area contributed by atoms with Gasteiger partial charge in [-0.25, -0.2) is 9.97 Å². The van der Waals surface area contributed by atoms with Crippen LogP contribution in [0.2, 0.25) is 0 Å². The minimum atomic E-state index is 0.820. The molecule has 5 heteroatoms. The predicted octanol–water partition coefficient (Wildman–Crippen LogP) is 2.28. The fraction of sp³-hybridized carbons (Fsp3) is 0.692. The van der Waals surface area contributed by atoms with E-state index in [-0.39, 0.29) is 0 Å². The smallest absolute Gasteiger partial charge is 0.187 e. The van der Waals surface area contributed by atoms with E-state index >= 15 is 0 Å². The number of aromatic nitrogens is 2. The van der Waals surface area contributed by atoms with Crippen LogP contribution in [0.15, 0.2) is 17.4 Å². The van der Waals surface area contributed by atoms with Crippen molar-refractivity contribution in [2.45, 2.75) is 31.8 Å². The molecule has 0 atom stereocenters. The predicted molar refractivity (Wildman–Crippen MR) is 76.1 cm³/mol. The Hall–Kier alpha value is -0.650. The van der Waals surface area contributed by atoms with Crippen LogP contribution >= 0.6 is 11.8 Å². The van der Waals surface area contributed by atoms with Gasteiger partial charge in [0.2, 0.25) is 0 Å². The van der Waals surface area contributed by atoms with Crippen LogP contribution in [0.5, 0.6) is 0 Å². The Bertz CT molecular complexity index is 323. The Morgan fingerprint density at radius 1 is 1.33 bits per heavy atom. The van der Waals surface area contributed by atoms with Crippen LogP contribution in [0, 0.1) is 6.92 Å². The number of unbranched alkanes of at least 4 members (excludes halogenated alkanes) is 1. The van der Waals surface area contributed by atoms with Crippen LogP contribution in [0.25, 0.3) is 0 Å². The third-order valence-corrected chi connectivity index (χ3v) is 3.24. The summed E-state index contributed by atoms with van der Waals surface area (Å²) < 4.78 is 5.28. The molecule has 1 aromatic rings. The standard InChI is InChI=1S/C13H23N3OS/c1-3-17-10-5-4-7-14-9-11-18-13-15-8-6-12(2)16-13/h6,8,14H,3-5,7,9-11H2,1-2H3. The van der Waals surface area contributed by atoms with Crippen molar-refractivity contribution in [2.24, 2.45) is 0 Å². The maximum Gasteiger partial charge on any atom is 0.187 e. The summed E-state index contributed by atoms with van der Waals surface area (Å²) in [5.74, 6) is 1.01. The Labute approximate surface area is 114 Å². The summed E-state index contributed by atoms with van der Waals surface area (Å²) in [5.41, 5.74) is 1.02. The maximum atomic E-state index is 5.28. The molecular weight excluding hydrogens is 246 g/mol. The van der Waals surface area contributed by atoms with Crippen molar-refractivity contribution in [3.63, 3.8) is 0 Å². The second kappa shape index (κ2) is 10.3. The lowest BCUT2D eigenvalue weighted by atomic mass is 10.3. The van der Waals surface area contributed by atoms with Gasteiger partial charge in [0.25, 0.3) is 0 Å². The van der Waals surface area contributed by atoms with Gasteiger partial charge in [-0.15, -0.1) is 0 Å². The van der Waals surface area contributed by atoms with Crippen LogP contribution < -0.4 is 5.32 Å². The highest BCUT2D eigenvalue weighted by Gasteiger charge is 1.97. The average molecular weight is 269 g/mol. The zero-order valence-electron chi connectivity index (χ0n) is 11.3. The number of ether oxygens (including phenoxy) is 1. The van der Waals surface area contributed by atoms with E-state index in [0.29, 0.717) is 0 Å². The van der Waals surface area contributed by atoms with Gasteiger partial charge in [0, 0.05) is 37.4 Å². The van der Waals surface area contributed by atoms with E-state index in [0.717, 1.165) is 49.3 Å². The highest BCUT2D eigenvalue weighted by molar-refractivity contribution is 7.99. The van der Waals surface area contributed by atoms with Gasteiger partial charge in [-0.3, -0.25) is 0 Å². The summed E-state index contributed by atoms with van der Waals surface area (Å²) >= 11 is 1.70. The number of nitrogens with one attached hydrogen (secondary N) is 1. The molecule has 0 aliphatic heterocycles. The van der Waals surface area contributed by atoms with E-state index in [2.05, 4.69) is 15.3 Å². The van der Waals surface area contributed by atoms with Gasteiger partial charge >= 0.3 is 0 Å². The van der Waals surface area contributed by atoms with Crippen LogP contribution in [-0.4, -0.2) is 42.0 Å². The van der Waals surface area contributed by atoms with E-state index in [1.807, 2.05) is 26.1 Å². The first-order chi connectivity index (χ1) is 8.83. The molecule has 102 valence electrons. The molecule has 0 aromatic carbocycles. The fourth-order valence-electron chi connectivity index (χ4n) is 1.43. The van der Waals surface area contributed by atoms with Gasteiger partial charge < -0.3 is 10.1 Å². The number of thioether (sulfide) groups is 1. The van der Waals surface area contributed by atoms with Crippen molar-refractivity contribution in [1.29, 1.82) is 0 Å². The third kappa shape index (κ3) is 7.63. The molecule has 0 saturated heterocycles. The highest BCUT2D eigenvalue weighted by Crippen LogP contribution is 2.10. The Morgan fingerprint density at radius 3 is 3.00 bits per heavy atom. The second-order valence-corrected chi connectivity index (χ2v) is 5.05. The number of nitrogens with zero attached hydrogens (tertiary/aromatic N) is 2. The molecule has 0 spiro atoms. The molecule has 0 aliphatic rings. The SMILES string of the molecule is CCOCCCCNCCSc1nccc(C)n1. The Morgan fingerprint density at radius 2 is 2.22 bits per heavy atom. The van der Waals surface area contributed by atoms with Crippen molar-refractivity contribution in [3.05, 3.63) is 18.0 Å². The third-order valence-electron chi connectivity index (χ3n) is 2.38. The lowest BCUT2D eigenvalue weighted by molar-refractivity contribution is 0.143. The first kappa shape index (κ1) is 15.4. The molecule has 1 N–H and O–H groups in total. The first-order valence-corrected chi connectivity index (χ1v) is 7.52. The van der Waals surface area contributed by atoms with Gasteiger partial charge in [-0.05, 0) is 39.3 Å². The topological polar surface area (TPSA) is 47.0 Å². The Balaban J connectivity index is 1.92. The highest BCUT2D eigenvalue weighted by atomic mass is 32.2. The molecule has 0 radical (unpaired) electrons. The fourth-order valence-corrected chi connectivity index (χ4v) is 2.21. The largest absolute Gasteiger partial charge is 0.382 e. The molecule has 1 heterocycles. The molecule has 1 rings (SSSR count). The lowest BCUT2D eigenvalue weighted by Gasteiger charge is -2.04. The van der Waals surface area contributed by atoms with Crippen LogP contribution in [0.4, 0.5) is 0 Å². The molecule has 0 unspecified atom stereocenters. The average Bonchev–Trinajstić information content (AvgIpc) is 2.37. The molecule has 0 bridgehead atoms. The zero-order chi connectivity index (χ0) is 13.1. The van der Waals surface area contributed by atoms with Crippen molar-refractivity contribution in [2.75, 3.05) is 32.1 Å². The molecule has 0 saturated carbocycles. The zero-order valence-corrected chi connectivity index (χ0v) is 12.1. The summed E-state index contributed by atoms with van der Waals surface area (Å²) in [6.07, 6.45) is 4.12. The summed E-state index contributed by atoms with van der Waals surface area (Å²) in [7, 11) is 0. The van der Waals surface area contributed by atoms with Gasteiger partial charge in [-0.2, -0.15) is 0 Å². The van der Waals surface area contributed by atoms with E-state index in [1.165, 1.54) is 6.42 Å². The molecule has 0 aliphatic carbocycles. The molecular formula is C13H23N3OS. The molecule has 0 amide bonds. The lowest BCUT2D eigenvalue weighted by Crippen LogP contribution is -2.18. The van der Waals surface area contributed by atoms with E-state index in [4.69, 9.17) is 4.74 Å². The number of aryl methyl sites for hydroxylation is 1. The van der Waals surface area contributed by atoms with Crippen LogP contribution in [-0.2, 0) is 4.74 Å². The van der Waals surface area contributed by atoms with E-state index in [1.54, 1.807) is 11.8 Å². The van der Waals surface area contributed by atoms with Crippen molar-refractivity contribution < 1.29 is 4.74 Å². The van der Waals surface area contributed by atoms with Gasteiger partial charge in [0.05, 0.1) is 0 Å². The minimum Gasteiger partial charge on any atom is -0.382 e. The molecule has 18 heavy (non-hydrogen) atoms. The monoisotopic (exact) mass is 269 g/mol. The van der Waals surface area contributed by atoms with E-state index < -0.39 is 0 Å². The van der Waals surface area contributed by atoms with Gasteiger partial charge in [-0.1, -0.05) is 11.8 Å². The van der Waals surface area contributed by atoms with Crippen molar-refractivity contribution in [1.82, 2.24) is 15.3 Å². The minimum absolute atomic E-state index is 0.820. The number of rotatable bonds is 10. The molecule has 1 aromatic heterocycles. The summed E-state index contributed by atoms with van der Waals surface area (Å²) in [4.78, 5) is 8.56. The summed E-state index contributed by atoms with van der Waals surface area (Å²) in [6.45, 7) is 7.77. The summed E-state index contributed by atoms with van der Waals surface area (Å²) in [6, 6.07) is 1.92. The first-order valence-electron chi connectivity index (χ1n) is 6.54. The number of hydrogen-bond donors (Lipinski definition) is 1. The van der Waals surface area contributed by atoms with Crippen molar-refractivity contribution in [3.8, 4) is 0 Å². The number of hydrogen-bond acceptors (Lipinski definition) is 5. The van der Waals surface area contributed by atoms with Crippen LogP contribution in [0.3, 0.4) is 0 Å². The summed E-state index contributed by atoms with van der Waals surface area (Å²) in [5, 5.41) is 4.28. The van der Waals surface area contributed by atoms with Gasteiger partial charge in [0.15, 0.2) is 5.16 Å². The molecule has 0 fully saturated rings. The van der Waals surface area contributed by atoms with Crippen LogP contribution in [0.1, 0.15) is 25.5 Å². The van der Waals surface area contributed by atoms with E-state index in [9.17, 15) is 0 Å². The van der Waals surface area contributed by atoms with Crippen molar-refractivity contribution >= 4 is 11.8 Å². The molecule has 4 nitrogen and oxygen atoms in total. The Kier molecular flexibility index (Phi) is 8.81. The maximum absolute atomic E-state index is 5.28. The normalized spacial score (nSPS) is 10.8. The van der Waals surface area contributed by atoms with Gasteiger partial charge in [0.1, 0.15) is 0 Å².